The predicted octanol–water partition coefficient (Wildman–Crippen LogP) is 3.83. The average Bonchev–Trinajstić information content (AvgIpc) is 2.55. The molecule has 2 amide bonds. The van der Waals surface area contributed by atoms with Gasteiger partial charge in [0.25, 0.3) is 5.91 Å². The Bertz CT molecular complexity index is 676. The highest BCUT2D eigenvalue weighted by Gasteiger charge is 2.11. The van der Waals surface area contributed by atoms with Gasteiger partial charge in [0.2, 0.25) is 5.91 Å². The molecule has 2 aromatic rings. The minimum Gasteiger partial charge on any atom is -0.346 e. The lowest BCUT2D eigenvalue weighted by molar-refractivity contribution is -0.115. The molecule has 0 aromatic heterocycles. The van der Waals surface area contributed by atoms with Crippen LogP contribution >= 0.6 is 0 Å². The standard InChI is InChI=1S/C19H22N2O2/c1-4-18(22)21-17-11-9-15(10-12-17)14(3)20-19(23)16-7-5-13(2)6-8-16/h5-12,14H,4H2,1-3H3,(H,20,23)(H,21,22). The smallest absolute Gasteiger partial charge is 0.251 e. The van der Waals surface area contributed by atoms with Crippen molar-refractivity contribution in [1.29, 1.82) is 0 Å². The SMILES string of the molecule is CCC(=O)Nc1ccc(C(C)NC(=O)c2ccc(C)cc2)cc1. The van der Waals surface area contributed by atoms with Crippen molar-refractivity contribution in [3.63, 3.8) is 0 Å². The van der Waals surface area contributed by atoms with Crippen molar-refractivity contribution in [2.24, 2.45) is 0 Å². The summed E-state index contributed by atoms with van der Waals surface area (Å²) in [4.78, 5) is 23.6. The van der Waals surface area contributed by atoms with E-state index in [4.69, 9.17) is 0 Å². The number of rotatable bonds is 5. The van der Waals surface area contributed by atoms with Crippen LogP contribution in [0, 0.1) is 6.92 Å². The largest absolute Gasteiger partial charge is 0.346 e. The number of nitrogens with one attached hydrogen (secondary N) is 2. The molecule has 0 aliphatic heterocycles. The topological polar surface area (TPSA) is 58.2 Å². The third-order valence-electron chi connectivity index (χ3n) is 3.68. The van der Waals surface area contributed by atoms with Crippen LogP contribution in [0.25, 0.3) is 0 Å². The van der Waals surface area contributed by atoms with E-state index in [0.717, 1.165) is 16.8 Å². The maximum Gasteiger partial charge on any atom is 0.251 e. The molecule has 0 saturated heterocycles. The Morgan fingerprint density at radius 3 is 2.17 bits per heavy atom. The molecule has 4 nitrogen and oxygen atoms in total. The summed E-state index contributed by atoms with van der Waals surface area (Å²) in [5.74, 6) is -0.112. The molecule has 23 heavy (non-hydrogen) atoms. The fourth-order valence-corrected chi connectivity index (χ4v) is 2.17. The maximum atomic E-state index is 12.2. The molecule has 0 aliphatic carbocycles. The van der Waals surface area contributed by atoms with Gasteiger partial charge in [-0.25, -0.2) is 0 Å². The van der Waals surface area contributed by atoms with Gasteiger partial charge >= 0.3 is 0 Å². The molecule has 0 bridgehead atoms. The van der Waals surface area contributed by atoms with Gasteiger partial charge in [-0.3, -0.25) is 9.59 Å². The number of carbonyl (C=O) groups is 2. The van der Waals surface area contributed by atoms with Gasteiger partial charge in [-0.05, 0) is 43.7 Å². The number of benzene rings is 2. The Kier molecular flexibility index (Phi) is 5.52. The number of anilines is 1. The average molecular weight is 310 g/mol. The van der Waals surface area contributed by atoms with Crippen molar-refractivity contribution in [1.82, 2.24) is 5.32 Å². The highest BCUT2D eigenvalue weighted by Crippen LogP contribution is 2.17. The minimum atomic E-state index is -0.111. The molecule has 2 N–H and O–H groups in total. The number of amides is 2. The molecule has 0 saturated carbocycles. The van der Waals surface area contributed by atoms with Crippen LogP contribution in [0.1, 0.15) is 47.8 Å². The van der Waals surface area contributed by atoms with Crippen LogP contribution < -0.4 is 10.6 Å². The van der Waals surface area contributed by atoms with Gasteiger partial charge in [-0.15, -0.1) is 0 Å². The fraction of sp³-hybridized carbons (Fsp3) is 0.263. The van der Waals surface area contributed by atoms with Crippen LogP contribution in [0.3, 0.4) is 0 Å². The van der Waals surface area contributed by atoms with E-state index in [1.165, 1.54) is 0 Å². The second-order valence-electron chi connectivity index (χ2n) is 5.58. The van der Waals surface area contributed by atoms with E-state index in [2.05, 4.69) is 10.6 Å². The first-order valence-electron chi connectivity index (χ1n) is 7.77. The van der Waals surface area contributed by atoms with Crippen molar-refractivity contribution < 1.29 is 9.59 Å². The first-order chi connectivity index (χ1) is 11.0. The lowest BCUT2D eigenvalue weighted by atomic mass is 10.1. The third-order valence-corrected chi connectivity index (χ3v) is 3.68. The lowest BCUT2D eigenvalue weighted by Gasteiger charge is -2.15. The minimum absolute atomic E-state index is 0.0153. The van der Waals surface area contributed by atoms with Gasteiger partial charge in [0, 0.05) is 17.7 Å². The van der Waals surface area contributed by atoms with Gasteiger partial charge < -0.3 is 10.6 Å². The van der Waals surface area contributed by atoms with Crippen molar-refractivity contribution in [3.8, 4) is 0 Å². The van der Waals surface area contributed by atoms with Crippen LogP contribution in [0.4, 0.5) is 5.69 Å². The fourth-order valence-electron chi connectivity index (χ4n) is 2.17. The number of carbonyl (C=O) groups excluding carboxylic acids is 2. The summed E-state index contributed by atoms with van der Waals surface area (Å²) >= 11 is 0. The van der Waals surface area contributed by atoms with E-state index in [0.29, 0.717) is 12.0 Å². The Labute approximate surface area is 136 Å². The highest BCUT2D eigenvalue weighted by molar-refractivity contribution is 5.94. The monoisotopic (exact) mass is 310 g/mol. The van der Waals surface area contributed by atoms with Crippen molar-refractivity contribution in [2.45, 2.75) is 33.2 Å². The number of hydrogen-bond acceptors (Lipinski definition) is 2. The number of aryl methyl sites for hydroxylation is 1. The molecule has 4 heteroatoms. The summed E-state index contributed by atoms with van der Waals surface area (Å²) in [6, 6.07) is 14.9. The molecule has 0 heterocycles. The van der Waals surface area contributed by atoms with Gasteiger partial charge in [0.05, 0.1) is 6.04 Å². The predicted molar refractivity (Wildman–Crippen MR) is 92.4 cm³/mol. The molecule has 2 rings (SSSR count). The third kappa shape index (κ3) is 4.68. The van der Waals surface area contributed by atoms with Crippen molar-refractivity contribution >= 4 is 17.5 Å². The zero-order chi connectivity index (χ0) is 16.8. The number of hydrogen-bond donors (Lipinski definition) is 2. The Morgan fingerprint density at radius 1 is 1.00 bits per heavy atom. The van der Waals surface area contributed by atoms with Crippen LogP contribution in [-0.2, 0) is 4.79 Å². The molecule has 0 radical (unpaired) electrons. The molecule has 0 aliphatic rings. The van der Waals surface area contributed by atoms with Crippen molar-refractivity contribution in [3.05, 3.63) is 65.2 Å². The van der Waals surface area contributed by atoms with Crippen LogP contribution in [0.5, 0.6) is 0 Å². The normalized spacial score (nSPS) is 11.6. The van der Waals surface area contributed by atoms with Crippen LogP contribution in [-0.4, -0.2) is 11.8 Å². The summed E-state index contributed by atoms with van der Waals surface area (Å²) in [5.41, 5.74) is 3.52. The first kappa shape index (κ1) is 16.7. The molecule has 1 atom stereocenters. The Morgan fingerprint density at radius 2 is 1.61 bits per heavy atom. The Hall–Kier alpha value is -2.62. The lowest BCUT2D eigenvalue weighted by Crippen LogP contribution is -2.26. The van der Waals surface area contributed by atoms with E-state index in [-0.39, 0.29) is 17.9 Å². The first-order valence-corrected chi connectivity index (χ1v) is 7.77. The van der Waals surface area contributed by atoms with E-state index in [1.807, 2.05) is 69.3 Å². The van der Waals surface area contributed by atoms with E-state index < -0.39 is 0 Å². The molecule has 0 spiro atoms. The molecule has 2 aromatic carbocycles. The van der Waals surface area contributed by atoms with Crippen molar-refractivity contribution in [2.75, 3.05) is 5.32 Å². The Balaban J connectivity index is 1.99. The summed E-state index contributed by atoms with van der Waals surface area (Å²) in [6.07, 6.45) is 0.449. The van der Waals surface area contributed by atoms with E-state index in [9.17, 15) is 9.59 Å². The van der Waals surface area contributed by atoms with Gasteiger partial charge in [0.15, 0.2) is 0 Å². The van der Waals surface area contributed by atoms with E-state index >= 15 is 0 Å². The summed E-state index contributed by atoms with van der Waals surface area (Å²) in [6.45, 7) is 5.74. The van der Waals surface area contributed by atoms with Gasteiger partial charge in [0.1, 0.15) is 0 Å². The molecular weight excluding hydrogens is 288 g/mol. The molecule has 1 unspecified atom stereocenters. The van der Waals surface area contributed by atoms with Crippen LogP contribution in [0.15, 0.2) is 48.5 Å². The summed E-state index contributed by atoms with van der Waals surface area (Å²) in [7, 11) is 0. The van der Waals surface area contributed by atoms with E-state index in [1.54, 1.807) is 0 Å². The molecular formula is C19H22N2O2. The summed E-state index contributed by atoms with van der Waals surface area (Å²) < 4.78 is 0. The second kappa shape index (κ2) is 7.58. The van der Waals surface area contributed by atoms with Gasteiger partial charge in [-0.1, -0.05) is 36.8 Å². The summed E-state index contributed by atoms with van der Waals surface area (Å²) in [5, 5.41) is 5.78. The molecule has 0 fully saturated rings. The molecule has 120 valence electrons. The zero-order valence-corrected chi connectivity index (χ0v) is 13.7. The highest BCUT2D eigenvalue weighted by atomic mass is 16.2. The second-order valence-corrected chi connectivity index (χ2v) is 5.58. The van der Waals surface area contributed by atoms with Gasteiger partial charge in [-0.2, -0.15) is 0 Å². The van der Waals surface area contributed by atoms with Crippen LogP contribution in [0.2, 0.25) is 0 Å². The maximum absolute atomic E-state index is 12.2. The zero-order valence-electron chi connectivity index (χ0n) is 13.7. The quantitative estimate of drug-likeness (QED) is 0.881.